The van der Waals surface area contributed by atoms with E-state index in [4.69, 9.17) is 11.6 Å². The number of benzene rings is 1. The van der Waals surface area contributed by atoms with E-state index in [0.29, 0.717) is 11.5 Å². The quantitative estimate of drug-likeness (QED) is 0.812. The highest BCUT2D eigenvalue weighted by atomic mass is 35.5. The first-order chi connectivity index (χ1) is 9.32. The van der Waals surface area contributed by atoms with Crippen LogP contribution in [0.25, 0.3) is 0 Å². The van der Waals surface area contributed by atoms with Gasteiger partial charge in [-0.3, -0.25) is 0 Å². The Hall–Kier alpha value is -0.570. The first-order valence-corrected chi connectivity index (χ1v) is 7.87. The third-order valence-corrected chi connectivity index (χ3v) is 3.87. The van der Waals surface area contributed by atoms with E-state index < -0.39 is 0 Å². The predicted molar refractivity (Wildman–Crippen MR) is 89.3 cm³/mol. The van der Waals surface area contributed by atoms with Crippen molar-refractivity contribution in [3.63, 3.8) is 0 Å². The van der Waals surface area contributed by atoms with E-state index >= 15 is 0 Å². The Morgan fingerprint density at radius 3 is 2.55 bits per heavy atom. The van der Waals surface area contributed by atoms with Crippen molar-refractivity contribution in [3.8, 4) is 0 Å². The van der Waals surface area contributed by atoms with Crippen molar-refractivity contribution < 1.29 is 0 Å². The van der Waals surface area contributed by atoms with Crippen molar-refractivity contribution in [1.29, 1.82) is 0 Å². The number of hydrogen-bond acceptors (Lipinski definition) is 2. The number of nitrogens with zero attached hydrogens (tertiary/aromatic N) is 1. The molecule has 2 nitrogen and oxygen atoms in total. The monoisotopic (exact) mass is 296 g/mol. The molecule has 1 unspecified atom stereocenters. The average Bonchev–Trinajstić information content (AvgIpc) is 2.33. The van der Waals surface area contributed by atoms with Crippen LogP contribution in [-0.4, -0.2) is 31.1 Å². The highest BCUT2D eigenvalue weighted by Gasteiger charge is 2.23. The van der Waals surface area contributed by atoms with Gasteiger partial charge in [0.15, 0.2) is 0 Å². The van der Waals surface area contributed by atoms with Gasteiger partial charge in [-0.1, -0.05) is 51.4 Å². The number of rotatable bonds is 7. The van der Waals surface area contributed by atoms with Crippen molar-refractivity contribution in [2.45, 2.75) is 46.7 Å². The molecule has 0 aliphatic heterocycles. The van der Waals surface area contributed by atoms with Gasteiger partial charge in [0.25, 0.3) is 0 Å². The number of halogens is 1. The van der Waals surface area contributed by atoms with Crippen molar-refractivity contribution >= 4 is 11.6 Å². The minimum Gasteiger partial charge on any atom is -0.314 e. The highest BCUT2D eigenvalue weighted by molar-refractivity contribution is 6.30. The Kier molecular flexibility index (Phi) is 7.01. The standard InChI is InChI=1S/C17H29ClN2/c1-6-19-16(17(2,3)4)10-11-20(5)13-14-8-7-9-15(18)12-14/h7-9,12,16,19H,6,10-11,13H2,1-5H3. The van der Waals surface area contributed by atoms with E-state index in [9.17, 15) is 0 Å². The van der Waals surface area contributed by atoms with Gasteiger partial charge in [-0.15, -0.1) is 0 Å². The first-order valence-electron chi connectivity index (χ1n) is 7.49. The summed E-state index contributed by atoms with van der Waals surface area (Å²) < 4.78 is 0. The van der Waals surface area contributed by atoms with Gasteiger partial charge >= 0.3 is 0 Å². The van der Waals surface area contributed by atoms with Gasteiger partial charge in [0.2, 0.25) is 0 Å². The van der Waals surface area contributed by atoms with E-state index in [1.165, 1.54) is 5.56 Å². The predicted octanol–water partition coefficient (Wildman–Crippen LogP) is 4.19. The van der Waals surface area contributed by atoms with E-state index in [-0.39, 0.29) is 0 Å². The second kappa shape index (κ2) is 8.02. The van der Waals surface area contributed by atoms with Gasteiger partial charge in [0.05, 0.1) is 0 Å². The van der Waals surface area contributed by atoms with Crippen LogP contribution in [0, 0.1) is 5.41 Å². The second-order valence-electron chi connectivity index (χ2n) is 6.63. The lowest BCUT2D eigenvalue weighted by molar-refractivity contribution is 0.221. The molecule has 0 aromatic heterocycles. The van der Waals surface area contributed by atoms with Crippen molar-refractivity contribution in [2.24, 2.45) is 5.41 Å². The zero-order valence-corrected chi connectivity index (χ0v) is 14.3. The summed E-state index contributed by atoms with van der Waals surface area (Å²) in [6, 6.07) is 8.67. The summed E-state index contributed by atoms with van der Waals surface area (Å²) in [5, 5.41) is 4.42. The van der Waals surface area contributed by atoms with Crippen LogP contribution < -0.4 is 5.32 Å². The van der Waals surface area contributed by atoms with Gasteiger partial charge in [-0.25, -0.2) is 0 Å². The van der Waals surface area contributed by atoms with E-state index in [2.05, 4.69) is 51.0 Å². The summed E-state index contributed by atoms with van der Waals surface area (Å²) in [6.07, 6.45) is 1.16. The van der Waals surface area contributed by atoms with E-state index in [1.807, 2.05) is 18.2 Å². The molecule has 3 heteroatoms. The lowest BCUT2D eigenvalue weighted by Crippen LogP contribution is -2.42. The fourth-order valence-electron chi connectivity index (χ4n) is 2.46. The molecule has 1 aromatic rings. The van der Waals surface area contributed by atoms with Crippen molar-refractivity contribution in [2.75, 3.05) is 20.1 Å². The van der Waals surface area contributed by atoms with Crippen LogP contribution in [0.2, 0.25) is 5.02 Å². The molecular weight excluding hydrogens is 268 g/mol. The molecule has 0 amide bonds. The molecule has 0 radical (unpaired) electrons. The van der Waals surface area contributed by atoms with Gasteiger partial charge in [0, 0.05) is 17.6 Å². The number of nitrogens with one attached hydrogen (secondary N) is 1. The molecular formula is C17H29ClN2. The van der Waals surface area contributed by atoms with Crippen LogP contribution in [-0.2, 0) is 6.54 Å². The van der Waals surface area contributed by atoms with Crippen LogP contribution in [0.15, 0.2) is 24.3 Å². The van der Waals surface area contributed by atoms with Gasteiger partial charge < -0.3 is 10.2 Å². The van der Waals surface area contributed by atoms with E-state index in [1.54, 1.807) is 0 Å². The zero-order valence-electron chi connectivity index (χ0n) is 13.5. The second-order valence-corrected chi connectivity index (χ2v) is 7.07. The molecule has 1 aromatic carbocycles. The van der Waals surface area contributed by atoms with Crippen LogP contribution in [0.1, 0.15) is 39.7 Å². The summed E-state index contributed by atoms with van der Waals surface area (Å²) >= 11 is 6.03. The molecule has 1 N–H and O–H groups in total. The molecule has 0 fully saturated rings. The molecule has 0 aliphatic carbocycles. The maximum Gasteiger partial charge on any atom is 0.0409 e. The molecule has 0 spiro atoms. The largest absolute Gasteiger partial charge is 0.314 e. The van der Waals surface area contributed by atoms with Crippen LogP contribution in [0.5, 0.6) is 0 Å². The Labute approximate surface area is 129 Å². The first kappa shape index (κ1) is 17.5. The van der Waals surface area contributed by atoms with Crippen LogP contribution in [0.3, 0.4) is 0 Å². The summed E-state index contributed by atoms with van der Waals surface area (Å²) in [6.45, 7) is 12.1. The lowest BCUT2D eigenvalue weighted by atomic mass is 9.84. The molecule has 0 saturated carbocycles. The van der Waals surface area contributed by atoms with Crippen molar-refractivity contribution in [1.82, 2.24) is 10.2 Å². The molecule has 20 heavy (non-hydrogen) atoms. The van der Waals surface area contributed by atoms with Crippen molar-refractivity contribution in [3.05, 3.63) is 34.9 Å². The SMILES string of the molecule is CCNC(CCN(C)Cc1cccc(Cl)c1)C(C)(C)C. The van der Waals surface area contributed by atoms with Gasteiger partial charge in [-0.2, -0.15) is 0 Å². The topological polar surface area (TPSA) is 15.3 Å². The fourth-order valence-corrected chi connectivity index (χ4v) is 2.68. The smallest absolute Gasteiger partial charge is 0.0409 e. The summed E-state index contributed by atoms with van der Waals surface area (Å²) in [7, 11) is 2.17. The van der Waals surface area contributed by atoms with Gasteiger partial charge in [-0.05, 0) is 49.7 Å². The Bertz CT molecular complexity index is 398. The Balaban J connectivity index is 2.47. The molecule has 0 bridgehead atoms. The summed E-state index contributed by atoms with van der Waals surface area (Å²) in [5.41, 5.74) is 1.57. The number of hydrogen-bond donors (Lipinski definition) is 1. The third-order valence-electron chi connectivity index (χ3n) is 3.64. The third kappa shape index (κ3) is 6.25. The van der Waals surface area contributed by atoms with Crippen LogP contribution in [0.4, 0.5) is 0 Å². The summed E-state index contributed by atoms with van der Waals surface area (Å²) in [5.74, 6) is 0. The van der Waals surface area contributed by atoms with E-state index in [0.717, 1.165) is 31.1 Å². The minimum absolute atomic E-state index is 0.299. The highest BCUT2D eigenvalue weighted by Crippen LogP contribution is 2.22. The molecule has 1 atom stereocenters. The van der Waals surface area contributed by atoms with Crippen LogP contribution >= 0.6 is 11.6 Å². The zero-order chi connectivity index (χ0) is 15.2. The molecule has 0 aliphatic rings. The molecule has 1 rings (SSSR count). The fraction of sp³-hybridized carbons (Fsp3) is 0.647. The minimum atomic E-state index is 0.299. The lowest BCUT2D eigenvalue weighted by Gasteiger charge is -2.33. The Morgan fingerprint density at radius 1 is 1.30 bits per heavy atom. The average molecular weight is 297 g/mol. The molecule has 0 heterocycles. The molecule has 0 saturated heterocycles. The maximum absolute atomic E-state index is 6.03. The van der Waals surface area contributed by atoms with Gasteiger partial charge in [0.1, 0.15) is 0 Å². The summed E-state index contributed by atoms with van der Waals surface area (Å²) in [4.78, 5) is 2.36. The Morgan fingerprint density at radius 2 is 2.00 bits per heavy atom. The maximum atomic E-state index is 6.03. The molecule has 114 valence electrons. The normalized spacial score (nSPS) is 13.8.